The molecule has 1 heterocycles. The second kappa shape index (κ2) is 6.44. The summed E-state index contributed by atoms with van der Waals surface area (Å²) in [6.07, 6.45) is 0. The maximum absolute atomic E-state index is 11.2. The first-order valence-corrected chi connectivity index (χ1v) is 7.12. The van der Waals surface area contributed by atoms with Crippen molar-refractivity contribution in [3.8, 4) is 23.0 Å². The van der Waals surface area contributed by atoms with Gasteiger partial charge in [0, 0.05) is 11.6 Å². The molecular formula is C17H12N2O6. The summed E-state index contributed by atoms with van der Waals surface area (Å²) >= 11 is 0. The van der Waals surface area contributed by atoms with Crippen molar-refractivity contribution in [1.29, 1.82) is 0 Å². The number of phenolic OH excluding ortho intramolecular Hbond substituents is 1. The van der Waals surface area contributed by atoms with Crippen LogP contribution in [0.4, 0.5) is 0 Å². The topological polar surface area (TPSA) is 130 Å². The van der Waals surface area contributed by atoms with Gasteiger partial charge < -0.3 is 20.1 Å². The van der Waals surface area contributed by atoms with Gasteiger partial charge in [-0.1, -0.05) is 18.2 Å². The van der Waals surface area contributed by atoms with Crippen LogP contribution in [0.5, 0.6) is 11.6 Å². The van der Waals surface area contributed by atoms with Gasteiger partial charge in [0.15, 0.2) is 18.1 Å². The summed E-state index contributed by atoms with van der Waals surface area (Å²) in [6.45, 7) is -0.646. The molecule has 0 amide bonds. The van der Waals surface area contributed by atoms with Crippen molar-refractivity contribution in [2.45, 2.75) is 0 Å². The molecule has 0 unspecified atom stereocenters. The number of carbonyl (C=O) groups is 2. The smallest absolute Gasteiger partial charge is 0.354 e. The first kappa shape index (κ1) is 16.2. The van der Waals surface area contributed by atoms with E-state index in [2.05, 4.69) is 9.97 Å². The van der Waals surface area contributed by atoms with E-state index < -0.39 is 18.5 Å². The molecule has 0 aliphatic carbocycles. The quantitative estimate of drug-likeness (QED) is 0.644. The van der Waals surface area contributed by atoms with Crippen LogP contribution in [0.15, 0.2) is 42.5 Å². The lowest BCUT2D eigenvalue weighted by molar-refractivity contribution is -0.139. The van der Waals surface area contributed by atoms with E-state index in [0.717, 1.165) is 16.8 Å². The molecule has 8 nitrogen and oxygen atoms in total. The molecule has 3 N–H and O–H groups in total. The lowest BCUT2D eigenvalue weighted by Crippen LogP contribution is -2.12. The number of phenols is 1. The Morgan fingerprint density at radius 3 is 2.40 bits per heavy atom. The minimum absolute atomic E-state index is 0.0928. The number of carboxylic acids is 2. The number of aromatic hydroxyl groups is 1. The summed E-state index contributed by atoms with van der Waals surface area (Å²) in [5.74, 6) is -2.41. The number of ether oxygens (including phenoxy) is 1. The molecular weight excluding hydrogens is 328 g/mol. The fourth-order valence-electron chi connectivity index (χ4n) is 2.25. The van der Waals surface area contributed by atoms with E-state index in [1.54, 1.807) is 30.3 Å². The molecule has 0 aliphatic heterocycles. The fraction of sp³-hybridized carbons (Fsp3) is 0.0588. The monoisotopic (exact) mass is 340 g/mol. The molecule has 0 spiro atoms. The first-order chi connectivity index (χ1) is 11.9. The molecule has 3 aromatic rings. The van der Waals surface area contributed by atoms with E-state index >= 15 is 0 Å². The molecule has 2 aromatic carbocycles. The number of hydrogen-bond donors (Lipinski definition) is 3. The first-order valence-electron chi connectivity index (χ1n) is 7.12. The van der Waals surface area contributed by atoms with Crippen LogP contribution in [0.2, 0.25) is 0 Å². The van der Waals surface area contributed by atoms with E-state index in [0.29, 0.717) is 5.56 Å². The van der Waals surface area contributed by atoms with Gasteiger partial charge in [0.05, 0.1) is 0 Å². The van der Waals surface area contributed by atoms with E-state index in [4.69, 9.17) is 9.84 Å². The molecule has 0 radical (unpaired) electrons. The third kappa shape index (κ3) is 3.63. The summed E-state index contributed by atoms with van der Waals surface area (Å²) in [7, 11) is 0. The molecule has 0 saturated heterocycles. The molecule has 1 aromatic heterocycles. The van der Waals surface area contributed by atoms with Gasteiger partial charge >= 0.3 is 11.9 Å². The van der Waals surface area contributed by atoms with Gasteiger partial charge in [-0.15, -0.1) is 0 Å². The lowest BCUT2D eigenvalue weighted by atomic mass is 10.1. The van der Waals surface area contributed by atoms with Crippen molar-refractivity contribution in [2.24, 2.45) is 0 Å². The maximum atomic E-state index is 11.2. The predicted molar refractivity (Wildman–Crippen MR) is 86.7 cm³/mol. The zero-order valence-electron chi connectivity index (χ0n) is 12.7. The van der Waals surface area contributed by atoms with Crippen LogP contribution in [-0.4, -0.2) is 43.8 Å². The molecule has 8 heteroatoms. The largest absolute Gasteiger partial charge is 0.508 e. The van der Waals surface area contributed by atoms with Crippen LogP contribution >= 0.6 is 0 Å². The molecule has 25 heavy (non-hydrogen) atoms. The van der Waals surface area contributed by atoms with Crippen LogP contribution in [0, 0.1) is 0 Å². The van der Waals surface area contributed by atoms with Gasteiger partial charge in [0.2, 0.25) is 5.88 Å². The van der Waals surface area contributed by atoms with E-state index in [-0.39, 0.29) is 23.1 Å². The number of carboxylic acid groups (broad SMARTS) is 2. The normalized spacial score (nSPS) is 10.6. The van der Waals surface area contributed by atoms with Crippen molar-refractivity contribution >= 4 is 22.7 Å². The molecule has 0 aliphatic rings. The van der Waals surface area contributed by atoms with Crippen molar-refractivity contribution < 1.29 is 29.6 Å². The Bertz CT molecular complexity index is 986. The zero-order valence-corrected chi connectivity index (χ0v) is 12.7. The summed E-state index contributed by atoms with van der Waals surface area (Å²) < 4.78 is 4.98. The lowest BCUT2D eigenvalue weighted by Gasteiger charge is -2.08. The number of rotatable bonds is 5. The minimum Gasteiger partial charge on any atom is -0.508 e. The van der Waals surface area contributed by atoms with Crippen LogP contribution in [0.1, 0.15) is 10.5 Å². The van der Waals surface area contributed by atoms with E-state index in [1.807, 2.05) is 0 Å². The van der Waals surface area contributed by atoms with Crippen LogP contribution in [0.3, 0.4) is 0 Å². The molecule has 0 saturated carbocycles. The van der Waals surface area contributed by atoms with Gasteiger partial charge in [0.25, 0.3) is 0 Å². The van der Waals surface area contributed by atoms with Gasteiger partial charge in [-0.25, -0.2) is 14.6 Å². The Balaban J connectivity index is 2.06. The van der Waals surface area contributed by atoms with Crippen molar-refractivity contribution in [3.05, 3.63) is 48.2 Å². The van der Waals surface area contributed by atoms with E-state index in [9.17, 15) is 19.8 Å². The summed E-state index contributed by atoms with van der Waals surface area (Å²) in [5, 5.41) is 28.9. The molecule has 0 atom stereocenters. The Hall–Kier alpha value is -3.68. The number of nitrogens with zero attached hydrogens (tertiary/aromatic N) is 2. The number of aromatic carboxylic acids is 1. The third-order valence-corrected chi connectivity index (χ3v) is 3.35. The number of benzene rings is 2. The number of hydrogen-bond acceptors (Lipinski definition) is 6. The Labute approximate surface area is 141 Å². The Morgan fingerprint density at radius 1 is 0.960 bits per heavy atom. The van der Waals surface area contributed by atoms with Crippen LogP contribution in [0.25, 0.3) is 22.2 Å². The number of aromatic nitrogens is 2. The van der Waals surface area contributed by atoms with Gasteiger partial charge in [-0.2, -0.15) is 4.98 Å². The zero-order chi connectivity index (χ0) is 18.0. The average molecular weight is 340 g/mol. The SMILES string of the molecule is O=C(O)COc1cc(C(=O)O)nc(-c2ccc3cc(O)ccc3c2)n1. The molecule has 0 fully saturated rings. The van der Waals surface area contributed by atoms with Crippen molar-refractivity contribution in [1.82, 2.24) is 9.97 Å². The van der Waals surface area contributed by atoms with Gasteiger partial charge in [-0.05, 0) is 29.0 Å². The number of fused-ring (bicyclic) bond motifs is 1. The summed E-state index contributed by atoms with van der Waals surface area (Å²) in [6, 6.07) is 11.0. The average Bonchev–Trinajstić information content (AvgIpc) is 2.59. The predicted octanol–water partition coefficient (Wildman–Crippen LogP) is 2.16. The van der Waals surface area contributed by atoms with E-state index in [1.165, 1.54) is 6.07 Å². The highest BCUT2D eigenvalue weighted by molar-refractivity contribution is 5.89. The molecule has 126 valence electrons. The van der Waals surface area contributed by atoms with Gasteiger partial charge in [0.1, 0.15) is 5.75 Å². The molecule has 3 rings (SSSR count). The summed E-state index contributed by atoms with van der Waals surface area (Å²) in [4.78, 5) is 29.9. The standard InChI is InChI=1S/C17H12N2O6/c20-12-4-3-9-5-11(2-1-10(9)6-12)16-18-13(17(23)24)7-14(19-16)25-8-15(21)22/h1-7,20H,8H2,(H,21,22)(H,23,24). The van der Waals surface area contributed by atoms with Crippen LogP contribution < -0.4 is 4.74 Å². The van der Waals surface area contributed by atoms with Crippen LogP contribution in [-0.2, 0) is 4.79 Å². The fourth-order valence-corrected chi connectivity index (χ4v) is 2.25. The second-order valence-corrected chi connectivity index (χ2v) is 5.15. The van der Waals surface area contributed by atoms with Crippen molar-refractivity contribution in [3.63, 3.8) is 0 Å². The second-order valence-electron chi connectivity index (χ2n) is 5.15. The van der Waals surface area contributed by atoms with Gasteiger partial charge in [-0.3, -0.25) is 0 Å². The number of aliphatic carboxylic acids is 1. The highest BCUT2D eigenvalue weighted by Gasteiger charge is 2.14. The highest BCUT2D eigenvalue weighted by Crippen LogP contribution is 2.26. The minimum atomic E-state index is -1.28. The van der Waals surface area contributed by atoms with Crippen molar-refractivity contribution in [2.75, 3.05) is 6.61 Å². The maximum Gasteiger partial charge on any atom is 0.354 e. The summed E-state index contributed by atoms with van der Waals surface area (Å²) in [5.41, 5.74) is 0.220. The third-order valence-electron chi connectivity index (χ3n) is 3.35. The Morgan fingerprint density at radius 2 is 1.68 bits per heavy atom. The Kier molecular flexibility index (Phi) is 4.17. The molecule has 0 bridgehead atoms. The highest BCUT2D eigenvalue weighted by atomic mass is 16.5.